The molecule has 1 unspecified atom stereocenters. The molecule has 0 bridgehead atoms. The van der Waals surface area contributed by atoms with E-state index in [1.807, 2.05) is 25.1 Å². The van der Waals surface area contributed by atoms with Crippen molar-refractivity contribution in [3.05, 3.63) is 59.2 Å². The Kier molecular flexibility index (Phi) is 5.23. The van der Waals surface area contributed by atoms with Crippen molar-refractivity contribution in [1.29, 1.82) is 0 Å². The molecule has 0 aliphatic carbocycles. The highest BCUT2D eigenvalue weighted by atomic mass is 16.5. The zero-order chi connectivity index (χ0) is 15.2. The van der Waals surface area contributed by atoms with Gasteiger partial charge in [0, 0.05) is 6.04 Å². The quantitative estimate of drug-likeness (QED) is 0.884. The number of ether oxygens (including phenoxy) is 2. The SMILES string of the molecule is COc1cc(CC(C)N)ccc1OCc1ccc(C)cc1. The van der Waals surface area contributed by atoms with Gasteiger partial charge in [0.25, 0.3) is 0 Å². The fraction of sp³-hybridized carbons (Fsp3) is 0.333. The lowest BCUT2D eigenvalue weighted by Crippen LogP contribution is -2.17. The van der Waals surface area contributed by atoms with Crippen LogP contribution in [0, 0.1) is 6.92 Å². The van der Waals surface area contributed by atoms with Gasteiger partial charge in [0.15, 0.2) is 11.5 Å². The maximum absolute atomic E-state index is 5.86. The zero-order valence-corrected chi connectivity index (χ0v) is 12.9. The fourth-order valence-electron chi connectivity index (χ4n) is 2.18. The summed E-state index contributed by atoms with van der Waals surface area (Å²) in [6, 6.07) is 14.4. The van der Waals surface area contributed by atoms with Gasteiger partial charge in [0.2, 0.25) is 0 Å². The number of benzene rings is 2. The van der Waals surface area contributed by atoms with Gasteiger partial charge in [-0.15, -0.1) is 0 Å². The summed E-state index contributed by atoms with van der Waals surface area (Å²) in [5, 5.41) is 0. The maximum Gasteiger partial charge on any atom is 0.161 e. The van der Waals surface area contributed by atoms with E-state index in [4.69, 9.17) is 15.2 Å². The van der Waals surface area contributed by atoms with Gasteiger partial charge in [-0.3, -0.25) is 0 Å². The van der Waals surface area contributed by atoms with E-state index >= 15 is 0 Å². The molecule has 0 saturated carbocycles. The average Bonchev–Trinajstić information content (AvgIpc) is 2.47. The molecule has 0 saturated heterocycles. The molecule has 0 aromatic heterocycles. The van der Waals surface area contributed by atoms with Crippen LogP contribution < -0.4 is 15.2 Å². The van der Waals surface area contributed by atoms with Gasteiger partial charge in [-0.1, -0.05) is 35.9 Å². The Balaban J connectivity index is 2.07. The highest BCUT2D eigenvalue weighted by Gasteiger charge is 2.07. The summed E-state index contributed by atoms with van der Waals surface area (Å²) in [4.78, 5) is 0. The largest absolute Gasteiger partial charge is 0.493 e. The van der Waals surface area contributed by atoms with Crippen LogP contribution in [0.25, 0.3) is 0 Å². The predicted octanol–water partition coefficient (Wildman–Crippen LogP) is 3.47. The molecule has 3 heteroatoms. The van der Waals surface area contributed by atoms with Crippen molar-refractivity contribution in [2.24, 2.45) is 5.73 Å². The van der Waals surface area contributed by atoms with Gasteiger partial charge in [-0.05, 0) is 43.5 Å². The summed E-state index contributed by atoms with van der Waals surface area (Å²) in [7, 11) is 1.66. The molecule has 2 aromatic rings. The van der Waals surface area contributed by atoms with E-state index in [0.29, 0.717) is 6.61 Å². The smallest absolute Gasteiger partial charge is 0.161 e. The third-order valence-electron chi connectivity index (χ3n) is 3.30. The van der Waals surface area contributed by atoms with E-state index in [1.165, 1.54) is 5.56 Å². The first-order valence-electron chi connectivity index (χ1n) is 7.19. The molecule has 3 nitrogen and oxygen atoms in total. The van der Waals surface area contributed by atoms with Crippen molar-refractivity contribution in [2.45, 2.75) is 32.9 Å². The molecular weight excluding hydrogens is 262 g/mol. The van der Waals surface area contributed by atoms with Crippen LogP contribution in [0.5, 0.6) is 11.5 Å². The Morgan fingerprint density at radius 3 is 2.29 bits per heavy atom. The molecule has 0 fully saturated rings. The lowest BCUT2D eigenvalue weighted by Gasteiger charge is -2.13. The van der Waals surface area contributed by atoms with Gasteiger partial charge >= 0.3 is 0 Å². The van der Waals surface area contributed by atoms with Crippen molar-refractivity contribution in [1.82, 2.24) is 0 Å². The van der Waals surface area contributed by atoms with Crippen LogP contribution in [0.3, 0.4) is 0 Å². The van der Waals surface area contributed by atoms with Gasteiger partial charge < -0.3 is 15.2 Å². The molecule has 2 rings (SSSR count). The van der Waals surface area contributed by atoms with E-state index in [2.05, 4.69) is 31.2 Å². The van der Waals surface area contributed by atoms with E-state index < -0.39 is 0 Å². The summed E-state index contributed by atoms with van der Waals surface area (Å²) in [6.07, 6.45) is 0.828. The first-order valence-corrected chi connectivity index (χ1v) is 7.19. The Labute approximate surface area is 126 Å². The van der Waals surface area contributed by atoms with Crippen molar-refractivity contribution in [3.63, 3.8) is 0 Å². The van der Waals surface area contributed by atoms with Crippen LogP contribution in [-0.4, -0.2) is 13.2 Å². The summed E-state index contributed by atoms with van der Waals surface area (Å²) in [5.74, 6) is 1.51. The number of nitrogens with two attached hydrogens (primary N) is 1. The highest BCUT2D eigenvalue weighted by molar-refractivity contribution is 5.43. The normalized spacial score (nSPS) is 12.0. The average molecular weight is 285 g/mol. The van der Waals surface area contributed by atoms with Crippen LogP contribution in [0.2, 0.25) is 0 Å². The molecule has 1 atom stereocenters. The minimum absolute atomic E-state index is 0.133. The van der Waals surface area contributed by atoms with Crippen LogP contribution in [-0.2, 0) is 13.0 Å². The van der Waals surface area contributed by atoms with Crippen LogP contribution in [0.4, 0.5) is 0 Å². The molecule has 0 aliphatic rings. The number of hydrogen-bond acceptors (Lipinski definition) is 3. The van der Waals surface area contributed by atoms with Gasteiger partial charge in [-0.2, -0.15) is 0 Å². The molecule has 2 aromatic carbocycles. The maximum atomic E-state index is 5.86. The first kappa shape index (κ1) is 15.4. The van der Waals surface area contributed by atoms with E-state index in [-0.39, 0.29) is 6.04 Å². The van der Waals surface area contributed by atoms with Gasteiger partial charge in [0.05, 0.1) is 7.11 Å². The second-order valence-corrected chi connectivity index (χ2v) is 5.44. The Hall–Kier alpha value is -2.00. The lowest BCUT2D eigenvalue weighted by molar-refractivity contribution is 0.284. The summed E-state index contributed by atoms with van der Waals surface area (Å²) in [5.41, 5.74) is 9.37. The van der Waals surface area contributed by atoms with E-state index in [0.717, 1.165) is 29.0 Å². The lowest BCUT2D eigenvalue weighted by atomic mass is 10.1. The number of hydrogen-bond donors (Lipinski definition) is 1. The Bertz CT molecular complexity index is 576. The van der Waals surface area contributed by atoms with Crippen molar-refractivity contribution < 1.29 is 9.47 Å². The molecule has 0 aliphatic heterocycles. The minimum atomic E-state index is 0.133. The summed E-state index contributed by atoms with van der Waals surface area (Å²) >= 11 is 0. The van der Waals surface area contributed by atoms with Crippen molar-refractivity contribution >= 4 is 0 Å². The molecule has 0 heterocycles. The Morgan fingerprint density at radius 2 is 1.67 bits per heavy atom. The van der Waals surface area contributed by atoms with Crippen molar-refractivity contribution in [3.8, 4) is 11.5 Å². The minimum Gasteiger partial charge on any atom is -0.493 e. The van der Waals surface area contributed by atoms with Crippen LogP contribution in [0.15, 0.2) is 42.5 Å². The molecule has 21 heavy (non-hydrogen) atoms. The number of rotatable bonds is 6. The monoisotopic (exact) mass is 285 g/mol. The molecule has 0 radical (unpaired) electrons. The highest BCUT2D eigenvalue weighted by Crippen LogP contribution is 2.29. The standard InChI is InChI=1S/C18H23NO2/c1-13-4-6-15(7-5-13)12-21-17-9-8-16(10-14(2)19)11-18(17)20-3/h4-9,11,14H,10,12,19H2,1-3H3. The molecule has 112 valence electrons. The zero-order valence-electron chi connectivity index (χ0n) is 12.9. The topological polar surface area (TPSA) is 44.5 Å². The molecular formula is C18H23NO2. The van der Waals surface area contributed by atoms with Crippen molar-refractivity contribution in [2.75, 3.05) is 7.11 Å². The third-order valence-corrected chi connectivity index (χ3v) is 3.30. The summed E-state index contributed by atoms with van der Waals surface area (Å²) < 4.78 is 11.3. The summed E-state index contributed by atoms with van der Waals surface area (Å²) in [6.45, 7) is 4.60. The predicted molar refractivity (Wildman–Crippen MR) is 85.9 cm³/mol. The fourth-order valence-corrected chi connectivity index (χ4v) is 2.18. The second-order valence-electron chi connectivity index (χ2n) is 5.44. The molecule has 2 N–H and O–H groups in total. The van der Waals surface area contributed by atoms with Crippen LogP contribution >= 0.6 is 0 Å². The first-order chi connectivity index (χ1) is 10.1. The third kappa shape index (κ3) is 4.50. The molecule has 0 spiro atoms. The number of methoxy groups -OCH3 is 1. The second kappa shape index (κ2) is 7.14. The molecule has 0 amide bonds. The van der Waals surface area contributed by atoms with E-state index in [9.17, 15) is 0 Å². The Morgan fingerprint density at radius 1 is 1.00 bits per heavy atom. The van der Waals surface area contributed by atoms with Crippen LogP contribution in [0.1, 0.15) is 23.6 Å². The van der Waals surface area contributed by atoms with Gasteiger partial charge in [-0.25, -0.2) is 0 Å². The van der Waals surface area contributed by atoms with E-state index in [1.54, 1.807) is 7.11 Å². The van der Waals surface area contributed by atoms with Gasteiger partial charge in [0.1, 0.15) is 6.61 Å². The number of aryl methyl sites for hydroxylation is 1.